The van der Waals surface area contributed by atoms with E-state index in [4.69, 9.17) is 11.6 Å². The maximum Gasteiger partial charge on any atom is 0.273 e. The lowest BCUT2D eigenvalue weighted by Crippen LogP contribution is -2.34. The highest BCUT2D eigenvalue weighted by molar-refractivity contribution is 6.29. The van der Waals surface area contributed by atoms with Crippen LogP contribution in [0.4, 0.5) is 4.39 Å². The highest BCUT2D eigenvalue weighted by atomic mass is 35.5. The van der Waals surface area contributed by atoms with Gasteiger partial charge in [-0.1, -0.05) is 41.9 Å². The van der Waals surface area contributed by atoms with Crippen molar-refractivity contribution in [1.29, 1.82) is 0 Å². The third-order valence-corrected chi connectivity index (χ3v) is 3.09. The van der Waals surface area contributed by atoms with Crippen molar-refractivity contribution in [2.75, 3.05) is 6.54 Å². The number of rotatable bonds is 2. The van der Waals surface area contributed by atoms with E-state index in [0.717, 1.165) is 18.4 Å². The summed E-state index contributed by atoms with van der Waals surface area (Å²) in [6, 6.07) is 9.65. The first-order valence-electron chi connectivity index (χ1n) is 5.33. The third kappa shape index (κ3) is 2.19. The Morgan fingerprint density at radius 1 is 1.44 bits per heavy atom. The van der Waals surface area contributed by atoms with E-state index in [9.17, 15) is 9.18 Å². The van der Waals surface area contributed by atoms with E-state index in [0.29, 0.717) is 6.54 Å². The van der Waals surface area contributed by atoms with E-state index < -0.39 is 11.5 Å². The van der Waals surface area contributed by atoms with E-state index in [-0.39, 0.29) is 6.04 Å². The molecule has 2 unspecified atom stereocenters. The number of amides is 1. The van der Waals surface area contributed by atoms with Gasteiger partial charge >= 0.3 is 0 Å². The van der Waals surface area contributed by atoms with Crippen molar-refractivity contribution < 1.29 is 9.18 Å². The number of alkyl halides is 2. The summed E-state index contributed by atoms with van der Waals surface area (Å²) in [5.74, 6) is -0.618. The zero-order valence-corrected chi connectivity index (χ0v) is 9.53. The second-order valence-electron chi connectivity index (χ2n) is 3.90. The molecule has 1 aliphatic rings. The molecule has 1 fully saturated rings. The number of nitrogens with zero attached hydrogens (tertiary/aromatic N) is 1. The monoisotopic (exact) mass is 241 g/mol. The third-order valence-electron chi connectivity index (χ3n) is 2.91. The van der Waals surface area contributed by atoms with E-state index in [1.165, 1.54) is 4.90 Å². The second-order valence-corrected chi connectivity index (χ2v) is 4.28. The molecule has 86 valence electrons. The largest absolute Gasteiger partial charge is 0.332 e. The standard InChI is InChI=1S/C12H13ClFNO/c13-11(14)12(16)15-8-4-7-10(15)9-5-2-1-3-6-9/h1-3,5-6,10-11H,4,7-8H2. The number of benzene rings is 1. The first kappa shape index (κ1) is 11.4. The van der Waals surface area contributed by atoms with Crippen molar-refractivity contribution in [2.24, 2.45) is 0 Å². The molecule has 2 rings (SSSR count). The summed E-state index contributed by atoms with van der Waals surface area (Å²) in [6.45, 7) is 0.589. The van der Waals surface area contributed by atoms with Crippen LogP contribution in [-0.4, -0.2) is 23.0 Å². The lowest BCUT2D eigenvalue weighted by Gasteiger charge is -2.25. The fourth-order valence-corrected chi connectivity index (χ4v) is 2.30. The highest BCUT2D eigenvalue weighted by Gasteiger charge is 2.32. The van der Waals surface area contributed by atoms with Gasteiger partial charge in [-0.2, -0.15) is 0 Å². The van der Waals surface area contributed by atoms with Gasteiger partial charge < -0.3 is 4.90 Å². The summed E-state index contributed by atoms with van der Waals surface area (Å²) < 4.78 is 12.8. The molecule has 16 heavy (non-hydrogen) atoms. The first-order chi connectivity index (χ1) is 7.70. The molecule has 0 radical (unpaired) electrons. The van der Waals surface area contributed by atoms with Crippen molar-refractivity contribution in [3.8, 4) is 0 Å². The number of carbonyl (C=O) groups is 1. The molecule has 0 aliphatic carbocycles. The van der Waals surface area contributed by atoms with Crippen LogP contribution < -0.4 is 0 Å². The van der Waals surface area contributed by atoms with Crippen molar-refractivity contribution in [2.45, 2.75) is 24.5 Å². The lowest BCUT2D eigenvalue weighted by atomic mass is 10.0. The molecular formula is C12H13ClFNO. The van der Waals surface area contributed by atoms with Crippen LogP contribution in [0.15, 0.2) is 30.3 Å². The minimum Gasteiger partial charge on any atom is -0.332 e. The molecule has 4 heteroatoms. The van der Waals surface area contributed by atoms with E-state index in [1.807, 2.05) is 30.3 Å². The van der Waals surface area contributed by atoms with Gasteiger partial charge in [0, 0.05) is 6.54 Å². The Balaban J connectivity index is 2.19. The Bertz CT molecular complexity index is 369. The Hall–Kier alpha value is -1.09. The molecule has 2 atom stereocenters. The summed E-state index contributed by atoms with van der Waals surface area (Å²) in [5.41, 5.74) is -0.880. The van der Waals surface area contributed by atoms with E-state index in [2.05, 4.69) is 0 Å². The first-order valence-corrected chi connectivity index (χ1v) is 5.77. The van der Waals surface area contributed by atoms with Gasteiger partial charge in [0.05, 0.1) is 6.04 Å². The smallest absolute Gasteiger partial charge is 0.273 e. The number of hydrogen-bond donors (Lipinski definition) is 0. The quantitative estimate of drug-likeness (QED) is 0.729. The minimum absolute atomic E-state index is 0.0225. The molecule has 0 N–H and O–H groups in total. The van der Waals surface area contributed by atoms with Crippen molar-refractivity contribution in [3.05, 3.63) is 35.9 Å². The van der Waals surface area contributed by atoms with Gasteiger partial charge in [-0.05, 0) is 18.4 Å². The topological polar surface area (TPSA) is 20.3 Å². The van der Waals surface area contributed by atoms with Gasteiger partial charge in [0.15, 0.2) is 0 Å². The van der Waals surface area contributed by atoms with Gasteiger partial charge in [-0.15, -0.1) is 0 Å². The molecule has 0 aromatic heterocycles. The van der Waals surface area contributed by atoms with Crippen molar-refractivity contribution in [1.82, 2.24) is 4.90 Å². The Morgan fingerprint density at radius 3 is 2.75 bits per heavy atom. The second kappa shape index (κ2) is 4.83. The van der Waals surface area contributed by atoms with Crippen LogP contribution in [0.2, 0.25) is 0 Å². The molecule has 0 spiro atoms. The molecule has 2 nitrogen and oxygen atoms in total. The predicted octanol–water partition coefficient (Wildman–Crippen LogP) is 2.88. The van der Waals surface area contributed by atoms with Crippen molar-refractivity contribution in [3.63, 3.8) is 0 Å². The molecule has 0 saturated carbocycles. The van der Waals surface area contributed by atoms with Crippen LogP contribution >= 0.6 is 11.6 Å². The van der Waals surface area contributed by atoms with Gasteiger partial charge in [0.25, 0.3) is 11.5 Å². The molecule has 1 aromatic rings. The van der Waals surface area contributed by atoms with Crippen LogP contribution in [0.5, 0.6) is 0 Å². The van der Waals surface area contributed by atoms with E-state index >= 15 is 0 Å². The molecule has 1 aromatic carbocycles. The lowest BCUT2D eigenvalue weighted by molar-refractivity contribution is -0.134. The number of likely N-dealkylation sites (tertiary alicyclic amines) is 1. The summed E-state index contributed by atoms with van der Waals surface area (Å²) in [4.78, 5) is 13.1. The fourth-order valence-electron chi connectivity index (χ4n) is 2.18. The molecule has 1 heterocycles. The molecular weight excluding hydrogens is 229 g/mol. The van der Waals surface area contributed by atoms with Crippen LogP contribution in [0.25, 0.3) is 0 Å². The minimum atomic E-state index is -1.93. The number of halogens is 2. The molecule has 1 amide bonds. The van der Waals surface area contributed by atoms with Crippen LogP contribution in [0.1, 0.15) is 24.4 Å². The normalized spacial score (nSPS) is 22.1. The Kier molecular flexibility index (Phi) is 3.44. The van der Waals surface area contributed by atoms with Gasteiger partial charge in [-0.25, -0.2) is 4.39 Å². The molecule has 1 saturated heterocycles. The highest BCUT2D eigenvalue weighted by Crippen LogP contribution is 2.32. The van der Waals surface area contributed by atoms with Crippen molar-refractivity contribution >= 4 is 17.5 Å². The van der Waals surface area contributed by atoms with Gasteiger partial charge in [0.1, 0.15) is 0 Å². The van der Waals surface area contributed by atoms with Crippen LogP contribution in [0, 0.1) is 0 Å². The Morgan fingerprint density at radius 2 is 2.12 bits per heavy atom. The van der Waals surface area contributed by atoms with Gasteiger partial charge in [-0.3, -0.25) is 4.79 Å². The fraction of sp³-hybridized carbons (Fsp3) is 0.417. The SMILES string of the molecule is O=C(C(F)Cl)N1CCCC1c1ccccc1. The summed E-state index contributed by atoms with van der Waals surface area (Å²) in [7, 11) is 0. The molecule has 1 aliphatic heterocycles. The predicted molar refractivity (Wildman–Crippen MR) is 60.9 cm³/mol. The number of hydrogen-bond acceptors (Lipinski definition) is 1. The number of carbonyl (C=O) groups excluding carboxylic acids is 1. The molecule has 0 bridgehead atoms. The zero-order valence-electron chi connectivity index (χ0n) is 8.77. The van der Waals surface area contributed by atoms with Crippen LogP contribution in [0.3, 0.4) is 0 Å². The average molecular weight is 242 g/mol. The van der Waals surface area contributed by atoms with Gasteiger partial charge in [0.2, 0.25) is 0 Å². The summed E-state index contributed by atoms with van der Waals surface area (Å²) in [5, 5.41) is 0. The summed E-state index contributed by atoms with van der Waals surface area (Å²) >= 11 is 5.20. The maximum absolute atomic E-state index is 12.8. The average Bonchev–Trinajstić information content (AvgIpc) is 2.77. The Labute approximate surface area is 99.0 Å². The maximum atomic E-state index is 12.8. The van der Waals surface area contributed by atoms with Crippen LogP contribution in [-0.2, 0) is 4.79 Å². The zero-order chi connectivity index (χ0) is 11.5. The summed E-state index contributed by atoms with van der Waals surface area (Å²) in [6.07, 6.45) is 1.77. The van der Waals surface area contributed by atoms with E-state index in [1.54, 1.807) is 0 Å².